The predicted molar refractivity (Wildman–Crippen MR) is 93.8 cm³/mol. The number of carbonyl (C=O) groups excluding carboxylic acids is 1. The van der Waals surface area contributed by atoms with E-state index in [9.17, 15) is 27.9 Å². The van der Waals surface area contributed by atoms with Gasteiger partial charge in [-0.25, -0.2) is 4.79 Å². The number of carbonyl (C=O) groups is 1. The van der Waals surface area contributed by atoms with Crippen LogP contribution in [-0.4, -0.2) is 11.1 Å². The van der Waals surface area contributed by atoms with Gasteiger partial charge in [0.15, 0.2) is 0 Å². The van der Waals surface area contributed by atoms with Crippen LogP contribution < -0.4 is 5.63 Å². The zero-order valence-corrected chi connectivity index (χ0v) is 14.7. The maximum absolute atomic E-state index is 12.7. The van der Waals surface area contributed by atoms with Gasteiger partial charge in [-0.05, 0) is 30.7 Å². The van der Waals surface area contributed by atoms with Gasteiger partial charge in [0.1, 0.15) is 17.9 Å². The van der Waals surface area contributed by atoms with E-state index in [1.807, 2.05) is 0 Å². The zero-order chi connectivity index (χ0) is 20.5. The van der Waals surface area contributed by atoms with Crippen LogP contribution in [0.5, 0.6) is 5.75 Å². The number of ether oxygens (including phenoxy) is 1. The fourth-order valence-corrected chi connectivity index (χ4v) is 2.77. The van der Waals surface area contributed by atoms with Crippen molar-refractivity contribution < 1.29 is 32.2 Å². The Bertz CT molecular complexity index is 1100. The number of rotatable bonds is 4. The Kier molecular flexibility index (Phi) is 5.13. The highest BCUT2D eigenvalue weighted by molar-refractivity contribution is 5.85. The molecule has 0 aliphatic heterocycles. The van der Waals surface area contributed by atoms with Crippen molar-refractivity contribution in [3.05, 3.63) is 75.1 Å². The number of hydrogen-bond acceptors (Lipinski definition) is 5. The Hall–Kier alpha value is -3.29. The van der Waals surface area contributed by atoms with Crippen molar-refractivity contribution in [2.45, 2.75) is 26.1 Å². The molecule has 1 N–H and O–H groups in total. The summed E-state index contributed by atoms with van der Waals surface area (Å²) in [5.41, 5.74) is -0.446. The molecule has 0 saturated carbocycles. The van der Waals surface area contributed by atoms with E-state index < -0.39 is 23.3 Å². The Labute approximate surface area is 157 Å². The Morgan fingerprint density at radius 2 is 1.93 bits per heavy atom. The van der Waals surface area contributed by atoms with Gasteiger partial charge in [0.2, 0.25) is 0 Å². The van der Waals surface area contributed by atoms with Crippen LogP contribution in [0.15, 0.2) is 51.7 Å². The summed E-state index contributed by atoms with van der Waals surface area (Å²) in [7, 11) is 0. The van der Waals surface area contributed by atoms with Gasteiger partial charge in [0, 0.05) is 22.6 Å². The van der Waals surface area contributed by atoms with Gasteiger partial charge >= 0.3 is 17.8 Å². The number of aromatic hydroxyl groups is 1. The predicted octanol–water partition coefficient (Wildman–Crippen LogP) is 4.11. The molecule has 146 valence electrons. The monoisotopic (exact) mass is 392 g/mol. The van der Waals surface area contributed by atoms with Crippen LogP contribution in [0.25, 0.3) is 11.0 Å². The number of alkyl halides is 3. The number of phenols is 1. The molecule has 0 radical (unpaired) electrons. The molecule has 0 spiro atoms. The first kappa shape index (κ1) is 19.5. The summed E-state index contributed by atoms with van der Waals surface area (Å²) in [6.45, 7) is 1.31. The topological polar surface area (TPSA) is 76.7 Å². The van der Waals surface area contributed by atoms with Crippen LogP contribution in [0, 0.1) is 6.92 Å². The molecule has 0 atom stereocenters. The lowest BCUT2D eigenvalue weighted by Gasteiger charge is -2.10. The van der Waals surface area contributed by atoms with E-state index in [-0.39, 0.29) is 29.9 Å². The van der Waals surface area contributed by atoms with Crippen molar-refractivity contribution in [2.24, 2.45) is 0 Å². The first-order valence-electron chi connectivity index (χ1n) is 8.22. The molecule has 1 heterocycles. The number of aryl methyl sites for hydroxylation is 1. The highest BCUT2D eigenvalue weighted by Gasteiger charge is 2.30. The number of fused-ring (bicyclic) bond motifs is 1. The molecule has 3 rings (SSSR count). The molecule has 0 aliphatic rings. The lowest BCUT2D eigenvalue weighted by atomic mass is 10.1. The summed E-state index contributed by atoms with van der Waals surface area (Å²) in [6.07, 6.45) is -4.84. The molecule has 0 aliphatic carbocycles. The Morgan fingerprint density at radius 1 is 1.18 bits per heavy atom. The van der Waals surface area contributed by atoms with Crippen LogP contribution in [0.3, 0.4) is 0 Å². The van der Waals surface area contributed by atoms with Gasteiger partial charge in [-0.1, -0.05) is 18.2 Å². The van der Waals surface area contributed by atoms with Gasteiger partial charge in [-0.2, -0.15) is 13.2 Å². The van der Waals surface area contributed by atoms with Crippen molar-refractivity contribution >= 4 is 16.9 Å². The zero-order valence-electron chi connectivity index (χ0n) is 14.7. The smallest absolute Gasteiger partial charge is 0.416 e. The second-order valence-electron chi connectivity index (χ2n) is 6.21. The highest BCUT2D eigenvalue weighted by Crippen LogP contribution is 2.30. The molecule has 28 heavy (non-hydrogen) atoms. The summed E-state index contributed by atoms with van der Waals surface area (Å²) in [6, 6.07) is 8.53. The third-order valence-corrected chi connectivity index (χ3v) is 4.21. The molecule has 8 heteroatoms. The van der Waals surface area contributed by atoms with Crippen molar-refractivity contribution in [3.8, 4) is 5.75 Å². The van der Waals surface area contributed by atoms with E-state index in [4.69, 9.17) is 9.15 Å². The Balaban J connectivity index is 1.77. The normalized spacial score (nSPS) is 11.6. The SMILES string of the molecule is Cc1c(O)ccc2c(COC(=O)Cc3cccc(C(F)(F)F)c3)cc(=O)oc12. The van der Waals surface area contributed by atoms with Gasteiger partial charge < -0.3 is 14.3 Å². The summed E-state index contributed by atoms with van der Waals surface area (Å²) in [5, 5.41) is 10.2. The molecule has 2 aromatic carbocycles. The van der Waals surface area contributed by atoms with Crippen LogP contribution in [0.2, 0.25) is 0 Å². The molecule has 0 saturated heterocycles. The fourth-order valence-electron chi connectivity index (χ4n) is 2.77. The van der Waals surface area contributed by atoms with E-state index >= 15 is 0 Å². The first-order chi connectivity index (χ1) is 13.1. The summed E-state index contributed by atoms with van der Waals surface area (Å²) in [5.74, 6) is -0.787. The molecule has 0 unspecified atom stereocenters. The molecule has 0 bridgehead atoms. The van der Waals surface area contributed by atoms with E-state index in [0.29, 0.717) is 16.5 Å². The summed E-state index contributed by atoms with van der Waals surface area (Å²) >= 11 is 0. The van der Waals surface area contributed by atoms with Crippen LogP contribution in [0.4, 0.5) is 13.2 Å². The summed E-state index contributed by atoms with van der Waals surface area (Å²) in [4.78, 5) is 23.8. The Morgan fingerprint density at radius 3 is 2.64 bits per heavy atom. The maximum atomic E-state index is 12.7. The molecule has 3 aromatic rings. The van der Waals surface area contributed by atoms with Gasteiger partial charge in [-0.3, -0.25) is 4.79 Å². The standard InChI is InChI=1S/C20H15F3O5/c1-11-16(24)6-5-15-13(9-18(26)28-19(11)15)10-27-17(25)8-12-3-2-4-14(7-12)20(21,22)23/h2-7,9,24H,8,10H2,1H3. The molecular weight excluding hydrogens is 377 g/mol. The van der Waals surface area contributed by atoms with Gasteiger partial charge in [0.05, 0.1) is 12.0 Å². The third kappa shape index (κ3) is 4.16. The molecule has 0 amide bonds. The van der Waals surface area contributed by atoms with Crippen LogP contribution >= 0.6 is 0 Å². The second-order valence-corrected chi connectivity index (χ2v) is 6.21. The number of benzene rings is 2. The average molecular weight is 392 g/mol. The van der Waals surface area contributed by atoms with Crippen LogP contribution in [-0.2, 0) is 28.7 Å². The fraction of sp³-hybridized carbons (Fsp3) is 0.200. The minimum atomic E-state index is -4.50. The van der Waals surface area contributed by atoms with E-state index in [0.717, 1.165) is 18.2 Å². The number of phenolic OH excluding ortho intramolecular Hbond substituents is 1. The van der Waals surface area contributed by atoms with Crippen molar-refractivity contribution in [3.63, 3.8) is 0 Å². The van der Waals surface area contributed by atoms with Crippen molar-refractivity contribution in [2.75, 3.05) is 0 Å². The highest BCUT2D eigenvalue weighted by atomic mass is 19.4. The number of hydrogen-bond donors (Lipinski definition) is 1. The maximum Gasteiger partial charge on any atom is 0.416 e. The second kappa shape index (κ2) is 7.38. The van der Waals surface area contributed by atoms with E-state index in [1.165, 1.54) is 24.3 Å². The van der Waals surface area contributed by atoms with Crippen molar-refractivity contribution in [1.29, 1.82) is 0 Å². The minimum Gasteiger partial charge on any atom is -0.508 e. The molecule has 1 aromatic heterocycles. The van der Waals surface area contributed by atoms with Gasteiger partial charge in [-0.15, -0.1) is 0 Å². The van der Waals surface area contributed by atoms with Gasteiger partial charge in [0.25, 0.3) is 0 Å². The number of esters is 1. The number of halogens is 3. The molecule has 0 fully saturated rings. The van der Waals surface area contributed by atoms with Crippen molar-refractivity contribution in [1.82, 2.24) is 0 Å². The van der Waals surface area contributed by atoms with E-state index in [1.54, 1.807) is 6.92 Å². The molecule has 5 nitrogen and oxygen atoms in total. The third-order valence-electron chi connectivity index (χ3n) is 4.21. The minimum absolute atomic E-state index is 0.0469. The average Bonchev–Trinajstić information content (AvgIpc) is 2.62. The largest absolute Gasteiger partial charge is 0.508 e. The quantitative estimate of drug-likeness (QED) is 0.534. The lowest BCUT2D eigenvalue weighted by molar-refractivity contribution is -0.144. The lowest BCUT2D eigenvalue weighted by Crippen LogP contribution is -2.11. The first-order valence-corrected chi connectivity index (χ1v) is 8.22. The molecular formula is C20H15F3O5. The summed E-state index contributed by atoms with van der Waals surface area (Å²) < 4.78 is 48.5. The van der Waals surface area contributed by atoms with Crippen LogP contribution in [0.1, 0.15) is 22.3 Å². The van der Waals surface area contributed by atoms with E-state index in [2.05, 4.69) is 0 Å².